The number of ether oxygens (including phenoxy) is 1. The molecule has 0 unspecified atom stereocenters. The Morgan fingerprint density at radius 2 is 2.03 bits per heavy atom. The van der Waals surface area contributed by atoms with E-state index in [1.54, 1.807) is 16.6 Å². The summed E-state index contributed by atoms with van der Waals surface area (Å²) in [6, 6.07) is 5.87. The zero-order valence-corrected chi connectivity index (χ0v) is 17.9. The highest BCUT2D eigenvalue weighted by Gasteiger charge is 2.24. The van der Waals surface area contributed by atoms with Crippen molar-refractivity contribution in [1.82, 2.24) is 39.4 Å². The van der Waals surface area contributed by atoms with E-state index in [1.165, 1.54) is 0 Å². The average molecular weight is 412 g/mol. The molecule has 4 rings (SSSR count). The van der Waals surface area contributed by atoms with Crippen molar-refractivity contribution in [2.45, 2.75) is 52.6 Å². The number of nitrogens with zero attached hydrogens (tertiary/aromatic N) is 8. The van der Waals surface area contributed by atoms with Gasteiger partial charge in [-0.2, -0.15) is 0 Å². The Labute approximate surface area is 175 Å². The molecule has 1 fully saturated rings. The molecule has 0 saturated carbocycles. The molecular weight excluding hydrogens is 384 g/mol. The standard InChI is InChI=1S/C20H28N8O2/c1-14-9-26(10-15(2)30-14)12-19-22-23-24-28(19)13-20(29)25(4)11-17-16(3)21-18-7-5-6-8-27(17)18/h5-8,14-15H,9-13H2,1-4H3/t14-,15+. The van der Waals surface area contributed by atoms with Gasteiger partial charge in [0.15, 0.2) is 5.82 Å². The molecule has 10 heteroatoms. The van der Waals surface area contributed by atoms with Crippen molar-refractivity contribution in [3.63, 3.8) is 0 Å². The topological polar surface area (TPSA) is 93.7 Å². The Bertz CT molecular complexity index is 1020. The van der Waals surface area contributed by atoms with Crippen molar-refractivity contribution in [3.05, 3.63) is 41.6 Å². The van der Waals surface area contributed by atoms with Gasteiger partial charge in [-0.05, 0) is 43.3 Å². The third-order valence-electron chi connectivity index (χ3n) is 5.39. The summed E-state index contributed by atoms with van der Waals surface area (Å²) in [6.45, 7) is 8.88. The quantitative estimate of drug-likeness (QED) is 0.594. The van der Waals surface area contributed by atoms with Crippen LogP contribution in [0.15, 0.2) is 24.4 Å². The molecule has 1 aliphatic heterocycles. The molecule has 3 aromatic heterocycles. The highest BCUT2D eigenvalue weighted by molar-refractivity contribution is 5.75. The Morgan fingerprint density at radius 3 is 2.80 bits per heavy atom. The normalized spacial score (nSPS) is 20.0. The van der Waals surface area contributed by atoms with Crippen LogP contribution in [-0.2, 0) is 29.2 Å². The van der Waals surface area contributed by atoms with Gasteiger partial charge in [0.05, 0.1) is 36.7 Å². The van der Waals surface area contributed by atoms with Gasteiger partial charge in [0.2, 0.25) is 5.91 Å². The largest absolute Gasteiger partial charge is 0.373 e. The molecule has 1 saturated heterocycles. The zero-order chi connectivity index (χ0) is 21.3. The molecular formula is C20H28N8O2. The van der Waals surface area contributed by atoms with Gasteiger partial charge in [-0.15, -0.1) is 5.10 Å². The summed E-state index contributed by atoms with van der Waals surface area (Å²) >= 11 is 0. The fraction of sp³-hybridized carbons (Fsp3) is 0.550. The second kappa shape index (κ2) is 8.49. The van der Waals surface area contributed by atoms with E-state index in [4.69, 9.17) is 4.74 Å². The number of carbonyl (C=O) groups excluding carboxylic acids is 1. The summed E-state index contributed by atoms with van der Waals surface area (Å²) in [7, 11) is 1.79. The number of imidazole rings is 1. The molecule has 1 amide bonds. The van der Waals surface area contributed by atoms with Crippen molar-refractivity contribution in [1.29, 1.82) is 0 Å². The van der Waals surface area contributed by atoms with Gasteiger partial charge >= 0.3 is 0 Å². The molecule has 0 aromatic carbocycles. The van der Waals surface area contributed by atoms with Gasteiger partial charge in [-0.25, -0.2) is 9.67 Å². The van der Waals surface area contributed by atoms with Crippen molar-refractivity contribution in [2.75, 3.05) is 20.1 Å². The van der Waals surface area contributed by atoms with Crippen molar-refractivity contribution < 1.29 is 9.53 Å². The number of aryl methyl sites for hydroxylation is 1. The lowest BCUT2D eigenvalue weighted by Crippen LogP contribution is -2.45. The number of rotatable bonds is 6. The lowest BCUT2D eigenvalue weighted by atomic mass is 10.2. The van der Waals surface area contributed by atoms with E-state index in [9.17, 15) is 4.79 Å². The Morgan fingerprint density at radius 1 is 1.27 bits per heavy atom. The second-order valence-electron chi connectivity index (χ2n) is 8.03. The van der Waals surface area contributed by atoms with Crippen LogP contribution in [0, 0.1) is 6.92 Å². The van der Waals surface area contributed by atoms with E-state index >= 15 is 0 Å². The van der Waals surface area contributed by atoms with Crippen LogP contribution < -0.4 is 0 Å². The highest BCUT2D eigenvalue weighted by Crippen LogP contribution is 2.15. The molecule has 3 aromatic rings. The van der Waals surface area contributed by atoms with Crippen molar-refractivity contribution in [2.24, 2.45) is 0 Å². The third-order valence-corrected chi connectivity index (χ3v) is 5.39. The summed E-state index contributed by atoms with van der Waals surface area (Å²) in [4.78, 5) is 21.4. The van der Waals surface area contributed by atoms with Crippen LogP contribution in [0.4, 0.5) is 0 Å². The highest BCUT2D eigenvalue weighted by atomic mass is 16.5. The predicted molar refractivity (Wildman–Crippen MR) is 110 cm³/mol. The summed E-state index contributed by atoms with van der Waals surface area (Å²) < 4.78 is 9.39. The molecule has 1 aliphatic rings. The molecule has 0 bridgehead atoms. The number of amides is 1. The average Bonchev–Trinajstić information content (AvgIpc) is 3.25. The maximum Gasteiger partial charge on any atom is 0.244 e. The first-order valence-electron chi connectivity index (χ1n) is 10.2. The first kappa shape index (κ1) is 20.4. The molecule has 30 heavy (non-hydrogen) atoms. The first-order valence-corrected chi connectivity index (χ1v) is 10.2. The minimum Gasteiger partial charge on any atom is -0.373 e. The van der Waals surface area contributed by atoms with Gasteiger partial charge < -0.3 is 14.0 Å². The maximum absolute atomic E-state index is 12.9. The summed E-state index contributed by atoms with van der Waals surface area (Å²) in [6.07, 6.45) is 2.30. The number of tetrazole rings is 1. The Kier molecular flexibility index (Phi) is 5.78. The minimum atomic E-state index is -0.0578. The molecule has 10 nitrogen and oxygen atoms in total. The van der Waals surface area contributed by atoms with Crippen LogP contribution in [0.25, 0.3) is 5.65 Å². The SMILES string of the molecule is Cc1nc2ccccn2c1CN(C)C(=O)Cn1nnnc1CN1C[C@@H](C)O[C@@H](C)C1. The van der Waals surface area contributed by atoms with Crippen LogP contribution >= 0.6 is 0 Å². The summed E-state index contributed by atoms with van der Waals surface area (Å²) in [5.41, 5.74) is 2.79. The lowest BCUT2D eigenvalue weighted by Gasteiger charge is -2.34. The fourth-order valence-corrected chi connectivity index (χ4v) is 3.99. The van der Waals surface area contributed by atoms with Gasteiger partial charge in [0, 0.05) is 26.3 Å². The number of aromatic nitrogens is 6. The molecule has 160 valence electrons. The Hall–Kier alpha value is -2.85. The van der Waals surface area contributed by atoms with Crippen LogP contribution in [0.2, 0.25) is 0 Å². The lowest BCUT2D eigenvalue weighted by molar-refractivity contribution is -0.131. The smallest absolute Gasteiger partial charge is 0.244 e. The number of hydrogen-bond acceptors (Lipinski definition) is 7. The molecule has 4 heterocycles. The van der Waals surface area contributed by atoms with Gasteiger partial charge in [0.1, 0.15) is 12.2 Å². The number of likely N-dealkylation sites (N-methyl/N-ethyl adjacent to an activating group) is 1. The van der Waals surface area contributed by atoms with E-state index in [-0.39, 0.29) is 24.7 Å². The molecule has 0 aliphatic carbocycles. The third kappa shape index (κ3) is 4.34. The number of carbonyl (C=O) groups is 1. The van der Waals surface area contributed by atoms with Crippen LogP contribution in [0.1, 0.15) is 31.1 Å². The molecule has 0 spiro atoms. The van der Waals surface area contributed by atoms with E-state index in [2.05, 4.69) is 39.3 Å². The van der Waals surface area contributed by atoms with E-state index in [0.717, 1.165) is 30.1 Å². The fourth-order valence-electron chi connectivity index (χ4n) is 3.99. The minimum absolute atomic E-state index is 0.0578. The van der Waals surface area contributed by atoms with E-state index in [0.29, 0.717) is 18.9 Å². The Balaban J connectivity index is 1.42. The van der Waals surface area contributed by atoms with Crippen molar-refractivity contribution >= 4 is 11.6 Å². The molecule has 2 atom stereocenters. The number of fused-ring (bicyclic) bond motifs is 1. The van der Waals surface area contributed by atoms with Crippen LogP contribution in [0.3, 0.4) is 0 Å². The summed E-state index contributed by atoms with van der Waals surface area (Å²) in [5, 5.41) is 12.0. The van der Waals surface area contributed by atoms with Gasteiger partial charge in [-0.3, -0.25) is 9.69 Å². The number of pyridine rings is 1. The van der Waals surface area contributed by atoms with Crippen LogP contribution in [0.5, 0.6) is 0 Å². The predicted octanol–water partition coefficient (Wildman–Crippen LogP) is 0.897. The van der Waals surface area contributed by atoms with Gasteiger partial charge in [-0.1, -0.05) is 6.07 Å². The molecule has 0 radical (unpaired) electrons. The first-order chi connectivity index (χ1) is 14.4. The second-order valence-corrected chi connectivity index (χ2v) is 8.03. The van der Waals surface area contributed by atoms with Crippen LogP contribution in [-0.4, -0.2) is 77.6 Å². The van der Waals surface area contributed by atoms with Gasteiger partial charge in [0.25, 0.3) is 0 Å². The summed E-state index contributed by atoms with van der Waals surface area (Å²) in [5.74, 6) is 0.626. The van der Waals surface area contributed by atoms with E-state index < -0.39 is 0 Å². The number of morpholine rings is 1. The van der Waals surface area contributed by atoms with E-state index in [1.807, 2.05) is 35.7 Å². The monoisotopic (exact) mass is 412 g/mol. The number of hydrogen-bond donors (Lipinski definition) is 0. The molecule has 0 N–H and O–H groups in total. The maximum atomic E-state index is 12.9. The zero-order valence-electron chi connectivity index (χ0n) is 17.9. The van der Waals surface area contributed by atoms with Crippen molar-refractivity contribution in [3.8, 4) is 0 Å².